The van der Waals surface area contributed by atoms with Gasteiger partial charge in [-0.25, -0.2) is 9.67 Å². The van der Waals surface area contributed by atoms with Crippen molar-refractivity contribution in [2.45, 2.75) is 40.2 Å². The van der Waals surface area contributed by atoms with Gasteiger partial charge in [0.1, 0.15) is 21.3 Å². The molecule has 1 atom stereocenters. The van der Waals surface area contributed by atoms with Gasteiger partial charge >= 0.3 is 0 Å². The topological polar surface area (TPSA) is 81.9 Å². The molecule has 2 aromatic heterocycles. The quantitative estimate of drug-likeness (QED) is 0.702. The van der Waals surface area contributed by atoms with Crippen LogP contribution in [0.3, 0.4) is 0 Å². The Balaban J connectivity index is 1.90. The average Bonchev–Trinajstić information content (AvgIpc) is 3.24. The predicted octanol–water partition coefficient (Wildman–Crippen LogP) is 3.54. The molecule has 0 saturated carbocycles. The normalized spacial score (nSPS) is 12.0. The van der Waals surface area contributed by atoms with E-state index in [2.05, 4.69) is 20.6 Å². The molecule has 1 aromatic carbocycles. The Morgan fingerprint density at radius 3 is 2.63 bits per heavy atom. The lowest BCUT2D eigenvalue weighted by molar-refractivity contribution is 0.0942. The molecule has 3 aromatic rings. The predicted molar refractivity (Wildman–Crippen MR) is 106 cm³/mol. The monoisotopic (exact) mass is 385 g/mol. The minimum absolute atomic E-state index is 0.0919. The summed E-state index contributed by atoms with van der Waals surface area (Å²) in [5.41, 5.74) is 3.13. The molecule has 142 valence electrons. The van der Waals surface area contributed by atoms with Crippen molar-refractivity contribution in [1.29, 1.82) is 0 Å². The van der Waals surface area contributed by atoms with Crippen LogP contribution in [-0.4, -0.2) is 39.0 Å². The highest BCUT2D eigenvalue weighted by atomic mass is 32.1. The maximum atomic E-state index is 12.5. The molecule has 3 rings (SSSR count). The third-order valence-corrected chi connectivity index (χ3v) is 5.57. The molecule has 27 heavy (non-hydrogen) atoms. The second-order valence-electron chi connectivity index (χ2n) is 6.35. The summed E-state index contributed by atoms with van der Waals surface area (Å²) >= 11 is 1.34. The van der Waals surface area contributed by atoms with Gasteiger partial charge in [-0.2, -0.15) is 0 Å². The van der Waals surface area contributed by atoms with Crippen molar-refractivity contribution in [2.75, 3.05) is 7.11 Å². The van der Waals surface area contributed by atoms with Crippen LogP contribution in [0.4, 0.5) is 0 Å². The molecule has 0 aliphatic rings. The lowest BCUT2D eigenvalue weighted by Crippen LogP contribution is -2.31. The van der Waals surface area contributed by atoms with E-state index in [-0.39, 0.29) is 11.9 Å². The molecule has 0 bridgehead atoms. The first-order valence-corrected chi connectivity index (χ1v) is 9.61. The van der Waals surface area contributed by atoms with Crippen LogP contribution in [0.5, 0.6) is 5.75 Å². The van der Waals surface area contributed by atoms with Crippen LogP contribution >= 0.6 is 11.3 Å². The van der Waals surface area contributed by atoms with Crippen LogP contribution in [0.15, 0.2) is 24.3 Å². The lowest BCUT2D eigenvalue weighted by Gasteiger charge is -2.09. The molecule has 0 radical (unpaired) electrons. The van der Waals surface area contributed by atoms with Crippen LogP contribution in [0.25, 0.3) is 16.4 Å². The summed E-state index contributed by atoms with van der Waals surface area (Å²) < 4.78 is 6.95. The van der Waals surface area contributed by atoms with Crippen molar-refractivity contribution >= 4 is 17.2 Å². The Morgan fingerprint density at radius 1 is 1.30 bits per heavy atom. The minimum Gasteiger partial charge on any atom is -0.497 e. The van der Waals surface area contributed by atoms with Gasteiger partial charge in [-0.05, 0) is 51.5 Å². The number of aryl methyl sites for hydroxylation is 1. The molecular weight excluding hydrogens is 362 g/mol. The number of amides is 1. The van der Waals surface area contributed by atoms with E-state index >= 15 is 0 Å². The fourth-order valence-corrected chi connectivity index (χ4v) is 3.60. The van der Waals surface area contributed by atoms with E-state index < -0.39 is 0 Å². The number of hydrogen-bond donors (Lipinski definition) is 1. The molecule has 1 amide bonds. The van der Waals surface area contributed by atoms with Crippen molar-refractivity contribution in [2.24, 2.45) is 0 Å². The molecule has 0 fully saturated rings. The summed E-state index contributed by atoms with van der Waals surface area (Å²) in [7, 11) is 1.63. The molecule has 1 N–H and O–H groups in total. The third kappa shape index (κ3) is 3.85. The second-order valence-corrected chi connectivity index (χ2v) is 7.35. The van der Waals surface area contributed by atoms with Gasteiger partial charge in [0.2, 0.25) is 0 Å². The number of rotatable bonds is 6. The summed E-state index contributed by atoms with van der Waals surface area (Å²) in [4.78, 5) is 17.6. The Kier molecular flexibility index (Phi) is 5.55. The number of nitrogens with one attached hydrogen (secondary N) is 1. The van der Waals surface area contributed by atoms with Crippen LogP contribution < -0.4 is 10.1 Å². The Hall–Kier alpha value is -2.74. The van der Waals surface area contributed by atoms with Crippen molar-refractivity contribution < 1.29 is 9.53 Å². The zero-order valence-electron chi connectivity index (χ0n) is 16.1. The average molecular weight is 385 g/mol. The number of carbonyl (C=O) groups excluding carboxylic acids is 1. The maximum absolute atomic E-state index is 12.5. The standard InChI is InChI=1S/C19H23N5O2S/c1-6-11(2)20-18(25)17-12(3)21-19(27-17)16-13(4)24(23-22-16)14-7-9-15(26-5)10-8-14/h7-11H,6H2,1-5H3,(H,20,25)/t11-/m1/s1. The SMILES string of the molecule is CC[C@@H](C)NC(=O)c1sc(-c2nnn(-c3ccc(OC)cc3)c2C)nc1C. The molecule has 0 aliphatic heterocycles. The number of thiazole rings is 1. The van der Waals surface area contributed by atoms with Gasteiger partial charge in [-0.3, -0.25) is 4.79 Å². The zero-order chi connectivity index (χ0) is 19.6. The van der Waals surface area contributed by atoms with E-state index in [1.54, 1.807) is 11.8 Å². The van der Waals surface area contributed by atoms with E-state index in [9.17, 15) is 4.79 Å². The van der Waals surface area contributed by atoms with E-state index in [4.69, 9.17) is 4.74 Å². The highest BCUT2D eigenvalue weighted by Crippen LogP contribution is 2.29. The largest absolute Gasteiger partial charge is 0.497 e. The number of ether oxygens (including phenoxy) is 1. The molecule has 0 aliphatic carbocycles. The number of methoxy groups -OCH3 is 1. The van der Waals surface area contributed by atoms with Gasteiger partial charge in [-0.15, -0.1) is 16.4 Å². The highest BCUT2D eigenvalue weighted by molar-refractivity contribution is 7.17. The van der Waals surface area contributed by atoms with Gasteiger partial charge in [0.25, 0.3) is 5.91 Å². The summed E-state index contributed by atoms with van der Waals surface area (Å²) in [5.74, 6) is 0.690. The Labute approximate surface area is 162 Å². The fourth-order valence-electron chi connectivity index (χ4n) is 2.60. The van der Waals surface area contributed by atoms with Crippen molar-refractivity contribution in [3.8, 4) is 22.1 Å². The number of nitrogens with zero attached hydrogens (tertiary/aromatic N) is 4. The lowest BCUT2D eigenvalue weighted by atomic mass is 10.2. The molecule has 7 nitrogen and oxygen atoms in total. The first-order valence-electron chi connectivity index (χ1n) is 8.80. The van der Waals surface area contributed by atoms with E-state index in [1.807, 2.05) is 52.0 Å². The number of carbonyl (C=O) groups is 1. The first kappa shape index (κ1) is 19.0. The van der Waals surface area contributed by atoms with E-state index in [0.29, 0.717) is 21.3 Å². The Morgan fingerprint density at radius 2 is 2.00 bits per heavy atom. The van der Waals surface area contributed by atoms with Crippen LogP contribution in [0, 0.1) is 13.8 Å². The summed E-state index contributed by atoms with van der Waals surface area (Å²) in [6.07, 6.45) is 0.881. The van der Waals surface area contributed by atoms with Crippen molar-refractivity contribution in [1.82, 2.24) is 25.3 Å². The number of aromatic nitrogens is 4. The third-order valence-electron chi connectivity index (χ3n) is 4.41. The Bertz CT molecular complexity index is 946. The molecule has 0 spiro atoms. The van der Waals surface area contributed by atoms with Crippen molar-refractivity contribution in [3.05, 3.63) is 40.5 Å². The summed E-state index contributed by atoms with van der Waals surface area (Å²) in [5, 5.41) is 12.2. The van der Waals surface area contributed by atoms with Gasteiger partial charge in [-0.1, -0.05) is 12.1 Å². The summed E-state index contributed by atoms with van der Waals surface area (Å²) in [6.45, 7) is 7.81. The first-order chi connectivity index (χ1) is 12.9. The highest BCUT2D eigenvalue weighted by Gasteiger charge is 2.21. The minimum atomic E-state index is -0.0919. The van der Waals surface area contributed by atoms with Crippen LogP contribution in [-0.2, 0) is 0 Å². The smallest absolute Gasteiger partial charge is 0.263 e. The van der Waals surface area contributed by atoms with Gasteiger partial charge in [0.15, 0.2) is 0 Å². The van der Waals surface area contributed by atoms with Gasteiger partial charge in [0.05, 0.1) is 24.2 Å². The second kappa shape index (κ2) is 7.87. The van der Waals surface area contributed by atoms with Crippen LogP contribution in [0.2, 0.25) is 0 Å². The summed E-state index contributed by atoms with van der Waals surface area (Å²) in [6, 6.07) is 7.72. The molecular formula is C19H23N5O2S. The van der Waals surface area contributed by atoms with E-state index in [0.717, 1.165) is 23.6 Å². The van der Waals surface area contributed by atoms with Crippen molar-refractivity contribution in [3.63, 3.8) is 0 Å². The van der Waals surface area contributed by atoms with Gasteiger partial charge < -0.3 is 10.1 Å². The van der Waals surface area contributed by atoms with Gasteiger partial charge in [0, 0.05) is 6.04 Å². The van der Waals surface area contributed by atoms with Crippen LogP contribution in [0.1, 0.15) is 41.3 Å². The molecule has 0 saturated heterocycles. The molecule has 0 unspecified atom stereocenters. The number of hydrogen-bond acceptors (Lipinski definition) is 6. The van der Waals surface area contributed by atoms with E-state index in [1.165, 1.54) is 11.3 Å². The molecule has 2 heterocycles. The molecule has 8 heteroatoms. The fraction of sp³-hybridized carbons (Fsp3) is 0.368. The maximum Gasteiger partial charge on any atom is 0.263 e. The zero-order valence-corrected chi connectivity index (χ0v) is 16.9. The number of benzene rings is 1.